The molecule has 0 spiro atoms. The summed E-state index contributed by atoms with van der Waals surface area (Å²) < 4.78 is 5.53. The molecule has 2 rings (SSSR count). The van der Waals surface area contributed by atoms with Crippen LogP contribution in [0.1, 0.15) is 0 Å². The van der Waals surface area contributed by atoms with E-state index in [2.05, 4.69) is 0 Å². The molecule has 1 saturated heterocycles. The molecule has 1 fully saturated rings. The molecule has 2 unspecified atom stereocenters. The van der Waals surface area contributed by atoms with E-state index in [0.29, 0.717) is 31.9 Å². The fourth-order valence-corrected chi connectivity index (χ4v) is 1.93. The quantitative estimate of drug-likeness (QED) is 0.627. The first-order chi connectivity index (χ1) is 8.15. The SMILES string of the molecule is Nc1cccc(OCCN2CC(O)C(O)C2)c1. The third-order valence-electron chi connectivity index (χ3n) is 2.87. The second-order valence-corrected chi connectivity index (χ2v) is 4.32. The van der Waals surface area contributed by atoms with Gasteiger partial charge in [0.25, 0.3) is 0 Å². The van der Waals surface area contributed by atoms with Gasteiger partial charge in [0.2, 0.25) is 0 Å². The van der Waals surface area contributed by atoms with E-state index in [1.165, 1.54) is 0 Å². The number of rotatable bonds is 4. The summed E-state index contributed by atoms with van der Waals surface area (Å²) in [6, 6.07) is 7.27. The highest BCUT2D eigenvalue weighted by molar-refractivity contribution is 5.43. The summed E-state index contributed by atoms with van der Waals surface area (Å²) in [5.41, 5.74) is 6.31. The number of nitrogens with two attached hydrogens (primary N) is 1. The first-order valence-electron chi connectivity index (χ1n) is 5.72. The van der Waals surface area contributed by atoms with Crippen LogP contribution < -0.4 is 10.5 Å². The van der Waals surface area contributed by atoms with Gasteiger partial charge in [0.05, 0.1) is 12.2 Å². The minimum absolute atomic E-state index is 0.501. The maximum atomic E-state index is 9.37. The van der Waals surface area contributed by atoms with Crippen molar-refractivity contribution in [1.82, 2.24) is 4.90 Å². The molecular formula is C12H18N2O3. The van der Waals surface area contributed by atoms with Gasteiger partial charge in [-0.2, -0.15) is 0 Å². The van der Waals surface area contributed by atoms with E-state index in [4.69, 9.17) is 10.5 Å². The maximum absolute atomic E-state index is 9.37. The van der Waals surface area contributed by atoms with Gasteiger partial charge in [0, 0.05) is 31.4 Å². The van der Waals surface area contributed by atoms with Crippen LogP contribution in [0.15, 0.2) is 24.3 Å². The van der Waals surface area contributed by atoms with E-state index in [0.717, 1.165) is 5.75 Å². The topological polar surface area (TPSA) is 79.0 Å². The maximum Gasteiger partial charge on any atom is 0.121 e. The molecule has 94 valence electrons. The Kier molecular flexibility index (Phi) is 3.83. The van der Waals surface area contributed by atoms with Gasteiger partial charge in [0.1, 0.15) is 12.4 Å². The zero-order valence-electron chi connectivity index (χ0n) is 9.62. The normalized spacial score (nSPS) is 25.1. The summed E-state index contributed by atoms with van der Waals surface area (Å²) >= 11 is 0. The lowest BCUT2D eigenvalue weighted by Gasteiger charge is -2.15. The van der Waals surface area contributed by atoms with E-state index in [1.54, 1.807) is 12.1 Å². The second-order valence-electron chi connectivity index (χ2n) is 4.32. The van der Waals surface area contributed by atoms with E-state index >= 15 is 0 Å². The molecule has 0 aromatic heterocycles. The van der Waals surface area contributed by atoms with Gasteiger partial charge in [-0.3, -0.25) is 4.90 Å². The van der Waals surface area contributed by atoms with Crippen molar-refractivity contribution in [2.75, 3.05) is 32.0 Å². The number of aliphatic hydroxyl groups is 2. The van der Waals surface area contributed by atoms with Crippen molar-refractivity contribution in [2.45, 2.75) is 12.2 Å². The minimum Gasteiger partial charge on any atom is -0.492 e. The first-order valence-corrected chi connectivity index (χ1v) is 5.72. The number of aliphatic hydroxyl groups excluding tert-OH is 2. The summed E-state index contributed by atoms with van der Waals surface area (Å²) in [6.07, 6.45) is -1.27. The van der Waals surface area contributed by atoms with E-state index < -0.39 is 12.2 Å². The number of hydrogen-bond donors (Lipinski definition) is 3. The lowest BCUT2D eigenvalue weighted by Crippen LogP contribution is -2.27. The van der Waals surface area contributed by atoms with Crippen LogP contribution in [0, 0.1) is 0 Å². The van der Waals surface area contributed by atoms with Crippen LogP contribution in [0.2, 0.25) is 0 Å². The Balaban J connectivity index is 1.73. The van der Waals surface area contributed by atoms with Gasteiger partial charge < -0.3 is 20.7 Å². The summed E-state index contributed by atoms with van der Waals surface area (Å²) in [6.45, 7) is 2.20. The van der Waals surface area contributed by atoms with Crippen LogP contribution in [-0.2, 0) is 0 Å². The molecule has 0 bridgehead atoms. The minimum atomic E-state index is -0.637. The molecule has 4 N–H and O–H groups in total. The van der Waals surface area contributed by atoms with Crippen molar-refractivity contribution in [2.24, 2.45) is 0 Å². The molecule has 1 aromatic rings. The average Bonchev–Trinajstić information content (AvgIpc) is 2.58. The molecule has 1 aliphatic heterocycles. The number of benzene rings is 1. The lowest BCUT2D eigenvalue weighted by molar-refractivity contribution is 0.0572. The summed E-state index contributed by atoms with van der Waals surface area (Å²) in [5.74, 6) is 0.741. The van der Waals surface area contributed by atoms with Gasteiger partial charge in [0.15, 0.2) is 0 Å². The number of likely N-dealkylation sites (tertiary alicyclic amines) is 1. The Labute approximate surface area is 100 Å². The molecule has 5 heteroatoms. The van der Waals surface area contributed by atoms with Crippen molar-refractivity contribution in [3.05, 3.63) is 24.3 Å². The number of β-amino-alcohol motifs (C(OH)–C–C–N with tert-alkyl or cyclic N) is 2. The molecule has 1 aromatic carbocycles. The van der Waals surface area contributed by atoms with E-state index in [-0.39, 0.29) is 0 Å². The van der Waals surface area contributed by atoms with Crippen LogP contribution in [0.3, 0.4) is 0 Å². The third-order valence-corrected chi connectivity index (χ3v) is 2.87. The zero-order chi connectivity index (χ0) is 12.3. The van der Waals surface area contributed by atoms with E-state index in [1.807, 2.05) is 17.0 Å². The third kappa shape index (κ3) is 3.33. The monoisotopic (exact) mass is 238 g/mol. The second kappa shape index (κ2) is 5.35. The summed E-state index contributed by atoms with van der Waals surface area (Å²) in [5, 5.41) is 18.7. The predicted octanol–water partition coefficient (Wildman–Crippen LogP) is -0.315. The van der Waals surface area contributed by atoms with Crippen LogP contribution in [0.5, 0.6) is 5.75 Å². The molecule has 2 atom stereocenters. The van der Waals surface area contributed by atoms with Crippen LogP contribution in [0.25, 0.3) is 0 Å². The highest BCUT2D eigenvalue weighted by Gasteiger charge is 2.28. The largest absolute Gasteiger partial charge is 0.492 e. The van der Waals surface area contributed by atoms with Gasteiger partial charge in [-0.05, 0) is 12.1 Å². The average molecular weight is 238 g/mol. The fraction of sp³-hybridized carbons (Fsp3) is 0.500. The van der Waals surface area contributed by atoms with Crippen molar-refractivity contribution in [3.8, 4) is 5.75 Å². The number of nitrogen functional groups attached to an aromatic ring is 1. The number of anilines is 1. The van der Waals surface area contributed by atoms with Crippen LogP contribution in [0.4, 0.5) is 5.69 Å². The zero-order valence-corrected chi connectivity index (χ0v) is 9.62. The van der Waals surface area contributed by atoms with Crippen molar-refractivity contribution < 1.29 is 14.9 Å². The Morgan fingerprint density at radius 2 is 2.00 bits per heavy atom. The fourth-order valence-electron chi connectivity index (χ4n) is 1.93. The Morgan fingerprint density at radius 1 is 1.29 bits per heavy atom. The highest BCUT2D eigenvalue weighted by Crippen LogP contribution is 2.15. The number of ether oxygens (including phenoxy) is 1. The van der Waals surface area contributed by atoms with Crippen molar-refractivity contribution in [1.29, 1.82) is 0 Å². The standard InChI is InChI=1S/C12H18N2O3/c13-9-2-1-3-10(6-9)17-5-4-14-7-11(15)12(16)8-14/h1-3,6,11-12,15-16H,4-5,7-8,13H2. The van der Waals surface area contributed by atoms with Gasteiger partial charge in [-0.25, -0.2) is 0 Å². The molecule has 1 aliphatic rings. The molecule has 1 heterocycles. The summed E-state index contributed by atoms with van der Waals surface area (Å²) in [7, 11) is 0. The molecule has 0 aliphatic carbocycles. The van der Waals surface area contributed by atoms with Crippen molar-refractivity contribution >= 4 is 5.69 Å². The first kappa shape index (κ1) is 12.2. The molecule has 0 saturated carbocycles. The predicted molar refractivity (Wildman–Crippen MR) is 64.8 cm³/mol. The number of hydrogen-bond acceptors (Lipinski definition) is 5. The van der Waals surface area contributed by atoms with Gasteiger partial charge in [-0.15, -0.1) is 0 Å². The highest BCUT2D eigenvalue weighted by atomic mass is 16.5. The molecule has 5 nitrogen and oxygen atoms in total. The smallest absolute Gasteiger partial charge is 0.121 e. The summed E-state index contributed by atoms with van der Waals surface area (Å²) in [4.78, 5) is 1.97. The molecule has 17 heavy (non-hydrogen) atoms. The van der Waals surface area contributed by atoms with Crippen LogP contribution >= 0.6 is 0 Å². The van der Waals surface area contributed by atoms with Gasteiger partial charge >= 0.3 is 0 Å². The number of nitrogens with zero attached hydrogens (tertiary/aromatic N) is 1. The molecular weight excluding hydrogens is 220 g/mol. The van der Waals surface area contributed by atoms with Gasteiger partial charge in [-0.1, -0.05) is 6.07 Å². The van der Waals surface area contributed by atoms with Crippen LogP contribution in [-0.4, -0.2) is 53.6 Å². The molecule has 0 amide bonds. The Morgan fingerprint density at radius 3 is 2.65 bits per heavy atom. The lowest BCUT2D eigenvalue weighted by atomic mass is 10.3. The molecule has 0 radical (unpaired) electrons. The van der Waals surface area contributed by atoms with Crippen molar-refractivity contribution in [3.63, 3.8) is 0 Å². The Hall–Kier alpha value is -1.30. The Bertz CT molecular complexity index is 363. The van der Waals surface area contributed by atoms with E-state index in [9.17, 15) is 10.2 Å².